The zero-order chi connectivity index (χ0) is 19.4. The monoisotopic (exact) mass is 419 g/mol. The lowest BCUT2D eigenvalue weighted by molar-refractivity contribution is 0.0935. The minimum atomic E-state index is -0.447. The van der Waals surface area contributed by atoms with Crippen molar-refractivity contribution in [2.45, 2.75) is 0 Å². The molecule has 0 spiro atoms. The molecule has 0 radical (unpaired) electrons. The normalized spacial score (nSPS) is 10.3. The summed E-state index contributed by atoms with van der Waals surface area (Å²) >= 11 is 12.6. The van der Waals surface area contributed by atoms with Crippen LogP contribution < -0.4 is 20.9 Å². The van der Waals surface area contributed by atoms with Crippen LogP contribution in [-0.4, -0.2) is 24.0 Å². The molecular formula is C18H14ClN3O3S2. The Balaban J connectivity index is 1.58. The van der Waals surface area contributed by atoms with Gasteiger partial charge in [0.05, 0.1) is 12.1 Å². The van der Waals surface area contributed by atoms with E-state index in [1.54, 1.807) is 31.4 Å². The van der Waals surface area contributed by atoms with Crippen molar-refractivity contribution >= 4 is 62.2 Å². The lowest BCUT2D eigenvalue weighted by Crippen LogP contribution is -2.48. The number of amides is 2. The summed E-state index contributed by atoms with van der Waals surface area (Å²) < 4.78 is 5.94. The molecule has 6 nitrogen and oxygen atoms in total. The molecule has 138 valence electrons. The Morgan fingerprint density at radius 3 is 2.41 bits per heavy atom. The smallest absolute Gasteiger partial charge is 0.269 e. The molecule has 0 aliphatic heterocycles. The lowest BCUT2D eigenvalue weighted by atomic mass is 10.2. The van der Waals surface area contributed by atoms with E-state index in [0.717, 1.165) is 10.1 Å². The molecule has 1 aromatic heterocycles. The van der Waals surface area contributed by atoms with E-state index in [-0.39, 0.29) is 5.11 Å². The molecule has 3 N–H and O–H groups in total. The maximum atomic E-state index is 12.4. The van der Waals surface area contributed by atoms with Gasteiger partial charge < -0.3 is 4.74 Å². The number of carbonyl (C=O) groups is 2. The molecule has 0 bridgehead atoms. The molecule has 3 rings (SSSR count). The van der Waals surface area contributed by atoms with E-state index in [1.165, 1.54) is 11.3 Å². The van der Waals surface area contributed by atoms with Crippen molar-refractivity contribution < 1.29 is 14.3 Å². The molecule has 0 saturated heterocycles. The Bertz CT molecular complexity index is 1020. The van der Waals surface area contributed by atoms with Crippen LogP contribution in [0.2, 0.25) is 5.02 Å². The van der Waals surface area contributed by atoms with Crippen LogP contribution in [0.15, 0.2) is 48.5 Å². The van der Waals surface area contributed by atoms with Gasteiger partial charge in [-0.25, -0.2) is 0 Å². The number of hydrogen-bond donors (Lipinski definition) is 3. The summed E-state index contributed by atoms with van der Waals surface area (Å²) in [6, 6.07) is 14.0. The van der Waals surface area contributed by atoms with Crippen LogP contribution in [0.4, 0.5) is 0 Å². The summed E-state index contributed by atoms with van der Waals surface area (Å²) in [6.45, 7) is 0. The third kappa shape index (κ3) is 4.36. The average Bonchev–Trinajstić information content (AvgIpc) is 3.03. The van der Waals surface area contributed by atoms with Gasteiger partial charge in [-0.2, -0.15) is 0 Å². The van der Waals surface area contributed by atoms with Crippen molar-refractivity contribution in [2.75, 3.05) is 7.11 Å². The fourth-order valence-corrected chi connectivity index (χ4v) is 3.84. The van der Waals surface area contributed by atoms with Crippen molar-refractivity contribution in [1.29, 1.82) is 0 Å². The third-order valence-electron chi connectivity index (χ3n) is 3.61. The zero-order valence-electron chi connectivity index (χ0n) is 14.0. The number of ether oxygens (including phenoxy) is 1. The lowest BCUT2D eigenvalue weighted by Gasteiger charge is -2.10. The first-order valence-electron chi connectivity index (χ1n) is 7.72. The van der Waals surface area contributed by atoms with Crippen molar-refractivity contribution in [3.8, 4) is 5.75 Å². The van der Waals surface area contributed by atoms with Crippen LogP contribution in [0.1, 0.15) is 20.0 Å². The van der Waals surface area contributed by atoms with Crippen LogP contribution in [0.25, 0.3) is 10.1 Å². The summed E-state index contributed by atoms with van der Waals surface area (Å²) in [4.78, 5) is 24.8. The maximum absolute atomic E-state index is 12.4. The number of fused-ring (bicyclic) bond motifs is 1. The maximum Gasteiger partial charge on any atom is 0.269 e. The predicted molar refractivity (Wildman–Crippen MR) is 110 cm³/mol. The number of rotatable bonds is 3. The van der Waals surface area contributed by atoms with Crippen LogP contribution in [0, 0.1) is 0 Å². The van der Waals surface area contributed by atoms with Gasteiger partial charge in [0, 0.05) is 15.6 Å². The Labute approximate surface area is 169 Å². The zero-order valence-corrected chi connectivity index (χ0v) is 16.4. The second-order valence-electron chi connectivity index (χ2n) is 5.33. The Morgan fingerprint density at radius 2 is 1.74 bits per heavy atom. The highest BCUT2D eigenvalue weighted by Crippen LogP contribution is 2.34. The summed E-state index contributed by atoms with van der Waals surface area (Å²) in [7, 11) is 1.54. The highest BCUT2D eigenvalue weighted by Gasteiger charge is 2.18. The van der Waals surface area contributed by atoms with Crippen LogP contribution >= 0.6 is 35.2 Å². The molecule has 0 aliphatic rings. The number of methoxy groups -OCH3 is 1. The number of thiophene rings is 1. The van der Waals surface area contributed by atoms with Crippen molar-refractivity contribution in [3.05, 3.63) is 64.0 Å². The summed E-state index contributed by atoms with van der Waals surface area (Å²) in [5.41, 5.74) is 5.32. The van der Waals surface area contributed by atoms with Gasteiger partial charge in [-0.05, 0) is 42.5 Å². The van der Waals surface area contributed by atoms with E-state index in [0.29, 0.717) is 21.2 Å². The van der Waals surface area contributed by atoms with Gasteiger partial charge in [0.15, 0.2) is 5.11 Å². The Morgan fingerprint density at radius 1 is 1.04 bits per heavy atom. The van der Waals surface area contributed by atoms with E-state index < -0.39 is 11.8 Å². The van der Waals surface area contributed by atoms with E-state index in [1.807, 2.05) is 24.3 Å². The fraction of sp³-hybridized carbons (Fsp3) is 0.0556. The number of carbonyl (C=O) groups excluding carboxylic acids is 2. The Kier molecular flexibility index (Phi) is 5.90. The summed E-state index contributed by atoms with van der Waals surface area (Å²) in [5.74, 6) is -0.214. The second kappa shape index (κ2) is 8.34. The third-order valence-corrected chi connectivity index (χ3v) is 5.49. The fourth-order valence-electron chi connectivity index (χ4n) is 2.28. The van der Waals surface area contributed by atoms with Crippen LogP contribution in [0.5, 0.6) is 5.75 Å². The standard InChI is InChI=1S/C18H14ClN3O3S2/c1-25-11-8-6-10(7-9-11)16(23)21-22-18(26)20-17(24)15-14(19)12-4-2-3-5-13(12)27-15/h2-9H,1H3,(H,21,23)(H2,20,22,24,26). The first kappa shape index (κ1) is 19.1. The molecular weight excluding hydrogens is 406 g/mol. The average molecular weight is 420 g/mol. The van der Waals surface area contributed by atoms with Crippen molar-refractivity contribution in [1.82, 2.24) is 16.2 Å². The molecule has 0 unspecified atom stereocenters. The number of hydrazine groups is 1. The van der Waals surface area contributed by atoms with Crippen LogP contribution in [0.3, 0.4) is 0 Å². The number of thiocarbonyl (C=S) groups is 1. The molecule has 0 atom stereocenters. The van der Waals surface area contributed by atoms with Gasteiger partial charge in [0.25, 0.3) is 11.8 Å². The van der Waals surface area contributed by atoms with Crippen molar-refractivity contribution in [2.24, 2.45) is 0 Å². The van der Waals surface area contributed by atoms with Gasteiger partial charge in [0.1, 0.15) is 10.6 Å². The predicted octanol–water partition coefficient (Wildman–Crippen LogP) is 3.51. The quantitative estimate of drug-likeness (QED) is 0.447. The van der Waals surface area contributed by atoms with Gasteiger partial charge >= 0.3 is 0 Å². The molecule has 3 aromatic rings. The van der Waals surface area contributed by atoms with Crippen LogP contribution in [-0.2, 0) is 0 Å². The largest absolute Gasteiger partial charge is 0.497 e. The van der Waals surface area contributed by atoms with E-state index >= 15 is 0 Å². The Hall–Kier alpha value is -2.68. The van der Waals surface area contributed by atoms with E-state index in [4.69, 9.17) is 28.6 Å². The van der Waals surface area contributed by atoms with Gasteiger partial charge in [0.2, 0.25) is 0 Å². The first-order chi connectivity index (χ1) is 13.0. The minimum Gasteiger partial charge on any atom is -0.497 e. The van der Waals surface area contributed by atoms with Crippen molar-refractivity contribution in [3.63, 3.8) is 0 Å². The highest BCUT2D eigenvalue weighted by molar-refractivity contribution is 7.80. The molecule has 2 amide bonds. The van der Waals surface area contributed by atoms with Gasteiger partial charge in [-0.15, -0.1) is 11.3 Å². The van der Waals surface area contributed by atoms with E-state index in [9.17, 15) is 9.59 Å². The minimum absolute atomic E-state index is 0.0459. The molecule has 0 aliphatic carbocycles. The van der Waals surface area contributed by atoms with E-state index in [2.05, 4.69) is 16.2 Å². The van der Waals surface area contributed by atoms with Gasteiger partial charge in [-0.3, -0.25) is 25.8 Å². The molecule has 27 heavy (non-hydrogen) atoms. The SMILES string of the molecule is COc1ccc(C(=O)NNC(=S)NC(=O)c2sc3ccccc3c2Cl)cc1. The molecule has 2 aromatic carbocycles. The molecule has 9 heteroatoms. The number of benzene rings is 2. The highest BCUT2D eigenvalue weighted by atomic mass is 35.5. The number of nitrogens with one attached hydrogen (secondary N) is 3. The second-order valence-corrected chi connectivity index (χ2v) is 7.17. The number of halogens is 1. The topological polar surface area (TPSA) is 79.5 Å². The van der Waals surface area contributed by atoms with Gasteiger partial charge in [-0.1, -0.05) is 29.8 Å². The first-order valence-corrected chi connectivity index (χ1v) is 9.32. The molecule has 1 heterocycles. The molecule has 0 saturated carbocycles. The number of hydrogen-bond acceptors (Lipinski definition) is 5. The summed E-state index contributed by atoms with van der Waals surface area (Å²) in [5, 5.41) is 3.63. The molecule has 0 fully saturated rings. The summed E-state index contributed by atoms with van der Waals surface area (Å²) in [6.07, 6.45) is 0.